The van der Waals surface area contributed by atoms with Crippen molar-refractivity contribution >= 4 is 0 Å². The Balaban J connectivity index is 2.57. The molecule has 0 aromatic rings. The van der Waals surface area contributed by atoms with Crippen LogP contribution in [0.25, 0.3) is 0 Å². The van der Waals surface area contributed by atoms with Gasteiger partial charge in [-0.2, -0.15) is 0 Å². The molecule has 0 fully saturated rings. The Kier molecular flexibility index (Phi) is 1.47. The number of hydrogen-bond donors (Lipinski definition) is 0. The van der Waals surface area contributed by atoms with Gasteiger partial charge in [0.2, 0.25) is 0 Å². The highest BCUT2D eigenvalue weighted by Gasteiger charge is 1.99. The van der Waals surface area contributed by atoms with Crippen molar-refractivity contribution in [1.29, 1.82) is 0 Å². The van der Waals surface area contributed by atoms with E-state index in [1.807, 2.05) is 13.0 Å². The fraction of sp³-hybridized carbons (Fsp3) is 0.429. The lowest BCUT2D eigenvalue weighted by Crippen LogP contribution is -1.84. The zero-order valence-electron chi connectivity index (χ0n) is 4.95. The van der Waals surface area contributed by atoms with Gasteiger partial charge in [-0.25, -0.2) is 4.39 Å². The van der Waals surface area contributed by atoms with Crippen LogP contribution in [0.1, 0.15) is 19.8 Å². The Morgan fingerprint density at radius 3 is 2.62 bits per heavy atom. The second-order valence-electron chi connectivity index (χ2n) is 2.11. The molecule has 0 saturated heterocycles. The van der Waals surface area contributed by atoms with Crippen molar-refractivity contribution in [2.75, 3.05) is 0 Å². The van der Waals surface area contributed by atoms with Crippen molar-refractivity contribution in [3.8, 4) is 0 Å². The van der Waals surface area contributed by atoms with E-state index in [1.54, 1.807) is 6.08 Å². The molecular weight excluding hydrogens is 103 g/mol. The van der Waals surface area contributed by atoms with E-state index in [-0.39, 0.29) is 5.83 Å². The van der Waals surface area contributed by atoms with Crippen LogP contribution in [0.5, 0.6) is 0 Å². The Morgan fingerprint density at radius 1 is 1.50 bits per heavy atom. The minimum Gasteiger partial charge on any atom is -0.212 e. The quantitative estimate of drug-likeness (QED) is 0.422. The maximum atomic E-state index is 12.3. The van der Waals surface area contributed by atoms with Crippen molar-refractivity contribution in [3.63, 3.8) is 0 Å². The standard InChI is InChI=1S/C7H9F/c1-6-3-2-4-7(8)5-6/h3-4H,2,5H2,1H3. The minimum absolute atomic E-state index is 0.0185. The number of halogens is 1. The molecule has 0 radical (unpaired) electrons. The van der Waals surface area contributed by atoms with Crippen molar-refractivity contribution in [3.05, 3.63) is 23.6 Å². The molecular formula is C7H9F. The van der Waals surface area contributed by atoms with Gasteiger partial charge in [0.05, 0.1) is 0 Å². The Morgan fingerprint density at radius 2 is 2.25 bits per heavy atom. The molecule has 8 heavy (non-hydrogen) atoms. The topological polar surface area (TPSA) is 0 Å². The summed E-state index contributed by atoms with van der Waals surface area (Å²) in [5.74, 6) is 0.0185. The van der Waals surface area contributed by atoms with Crippen LogP contribution < -0.4 is 0 Å². The van der Waals surface area contributed by atoms with Crippen LogP contribution in [0.15, 0.2) is 23.6 Å². The first-order chi connectivity index (χ1) is 3.79. The van der Waals surface area contributed by atoms with Gasteiger partial charge in [0.15, 0.2) is 0 Å². The van der Waals surface area contributed by atoms with Crippen LogP contribution in [0.4, 0.5) is 4.39 Å². The predicted octanol–water partition coefficient (Wildman–Crippen LogP) is 2.58. The number of hydrogen-bond acceptors (Lipinski definition) is 0. The van der Waals surface area contributed by atoms with Crippen molar-refractivity contribution in [1.82, 2.24) is 0 Å². The van der Waals surface area contributed by atoms with Gasteiger partial charge in [0.25, 0.3) is 0 Å². The van der Waals surface area contributed by atoms with E-state index in [0.717, 1.165) is 12.0 Å². The summed E-state index contributed by atoms with van der Waals surface area (Å²) in [5, 5.41) is 0. The molecule has 0 N–H and O–H groups in total. The highest BCUT2D eigenvalue weighted by atomic mass is 19.1. The summed E-state index contributed by atoms with van der Waals surface area (Å²) in [5.41, 5.74) is 1.14. The zero-order chi connectivity index (χ0) is 5.98. The lowest BCUT2D eigenvalue weighted by atomic mass is 10.1. The molecule has 1 rings (SSSR count). The SMILES string of the molecule is CC1=CCC=C(F)C1. The van der Waals surface area contributed by atoms with Gasteiger partial charge in [0.1, 0.15) is 5.83 Å². The average Bonchev–Trinajstić information content (AvgIpc) is 1.64. The minimum atomic E-state index is 0.0185. The first-order valence-corrected chi connectivity index (χ1v) is 2.79. The molecule has 0 atom stereocenters. The van der Waals surface area contributed by atoms with Crippen LogP contribution in [0.2, 0.25) is 0 Å². The van der Waals surface area contributed by atoms with E-state index in [0.29, 0.717) is 6.42 Å². The highest BCUT2D eigenvalue weighted by molar-refractivity contribution is 5.16. The summed E-state index contributed by atoms with van der Waals surface area (Å²) in [4.78, 5) is 0. The van der Waals surface area contributed by atoms with E-state index in [9.17, 15) is 4.39 Å². The van der Waals surface area contributed by atoms with E-state index < -0.39 is 0 Å². The second-order valence-corrected chi connectivity index (χ2v) is 2.11. The van der Waals surface area contributed by atoms with E-state index >= 15 is 0 Å². The third-order valence-electron chi connectivity index (χ3n) is 1.25. The van der Waals surface area contributed by atoms with Gasteiger partial charge in [-0.15, -0.1) is 0 Å². The Labute approximate surface area is 48.7 Å². The molecule has 44 valence electrons. The molecule has 0 spiro atoms. The molecule has 0 bridgehead atoms. The van der Waals surface area contributed by atoms with Gasteiger partial charge in [-0.1, -0.05) is 11.6 Å². The molecule has 0 nitrogen and oxygen atoms in total. The summed E-state index contributed by atoms with van der Waals surface area (Å²) in [7, 11) is 0. The molecule has 0 heterocycles. The van der Waals surface area contributed by atoms with Crippen LogP contribution >= 0.6 is 0 Å². The fourth-order valence-electron chi connectivity index (χ4n) is 0.799. The smallest absolute Gasteiger partial charge is 0.100 e. The third kappa shape index (κ3) is 1.19. The number of rotatable bonds is 0. The maximum Gasteiger partial charge on any atom is 0.100 e. The fourth-order valence-corrected chi connectivity index (χ4v) is 0.799. The van der Waals surface area contributed by atoms with E-state index in [2.05, 4.69) is 0 Å². The molecule has 1 aliphatic carbocycles. The monoisotopic (exact) mass is 112 g/mol. The van der Waals surface area contributed by atoms with Gasteiger partial charge >= 0.3 is 0 Å². The lowest BCUT2D eigenvalue weighted by molar-refractivity contribution is 0.600. The normalized spacial score (nSPS) is 19.8. The first kappa shape index (κ1) is 5.54. The van der Waals surface area contributed by atoms with Gasteiger partial charge in [-0.05, 0) is 19.4 Å². The molecule has 0 aromatic heterocycles. The lowest BCUT2D eigenvalue weighted by Gasteiger charge is -2.02. The highest BCUT2D eigenvalue weighted by Crippen LogP contribution is 2.17. The third-order valence-corrected chi connectivity index (χ3v) is 1.25. The van der Waals surface area contributed by atoms with Crippen LogP contribution in [-0.4, -0.2) is 0 Å². The summed E-state index contributed by atoms with van der Waals surface area (Å²) >= 11 is 0. The largest absolute Gasteiger partial charge is 0.212 e. The van der Waals surface area contributed by atoms with Gasteiger partial charge < -0.3 is 0 Å². The Hall–Kier alpha value is -0.590. The molecule has 0 unspecified atom stereocenters. The van der Waals surface area contributed by atoms with Crippen LogP contribution in [-0.2, 0) is 0 Å². The van der Waals surface area contributed by atoms with Crippen LogP contribution in [0, 0.1) is 0 Å². The summed E-state index contributed by atoms with van der Waals surface area (Å²) in [6, 6.07) is 0. The summed E-state index contributed by atoms with van der Waals surface area (Å²) < 4.78 is 12.3. The maximum absolute atomic E-state index is 12.3. The average molecular weight is 112 g/mol. The van der Waals surface area contributed by atoms with Crippen LogP contribution in [0.3, 0.4) is 0 Å². The second kappa shape index (κ2) is 2.12. The molecule has 0 saturated carbocycles. The predicted molar refractivity (Wildman–Crippen MR) is 32.2 cm³/mol. The Bertz CT molecular complexity index is 126. The molecule has 1 heteroatoms. The summed E-state index contributed by atoms with van der Waals surface area (Å²) in [6.45, 7) is 1.95. The number of allylic oxidation sites excluding steroid dienone is 4. The zero-order valence-corrected chi connectivity index (χ0v) is 4.95. The van der Waals surface area contributed by atoms with Crippen molar-refractivity contribution in [2.45, 2.75) is 19.8 Å². The van der Waals surface area contributed by atoms with Gasteiger partial charge in [0, 0.05) is 6.42 Å². The molecule has 1 aliphatic rings. The summed E-state index contributed by atoms with van der Waals surface area (Å²) in [6.07, 6.45) is 4.97. The van der Waals surface area contributed by atoms with Gasteiger partial charge in [-0.3, -0.25) is 0 Å². The molecule has 0 aliphatic heterocycles. The first-order valence-electron chi connectivity index (χ1n) is 2.79. The van der Waals surface area contributed by atoms with E-state index in [1.165, 1.54) is 0 Å². The van der Waals surface area contributed by atoms with Crippen molar-refractivity contribution in [2.24, 2.45) is 0 Å². The van der Waals surface area contributed by atoms with E-state index in [4.69, 9.17) is 0 Å². The molecule has 0 aromatic carbocycles. The van der Waals surface area contributed by atoms with Crippen molar-refractivity contribution < 1.29 is 4.39 Å². The molecule has 0 amide bonds.